The largest absolute Gasteiger partial charge is 0.508 e. The van der Waals surface area contributed by atoms with Crippen molar-refractivity contribution in [3.63, 3.8) is 0 Å². The van der Waals surface area contributed by atoms with E-state index in [1.54, 1.807) is 48.7 Å². The molecule has 0 unspecified atom stereocenters. The molecule has 0 fully saturated rings. The van der Waals surface area contributed by atoms with Gasteiger partial charge in [-0.25, -0.2) is 31.5 Å². The van der Waals surface area contributed by atoms with E-state index in [-0.39, 0.29) is 31.1 Å². The predicted molar refractivity (Wildman–Crippen MR) is 165 cm³/mol. The van der Waals surface area contributed by atoms with Gasteiger partial charge in [-0.1, -0.05) is 60.7 Å². The third kappa shape index (κ3) is 9.91. The Morgan fingerprint density at radius 2 is 1.57 bits per heavy atom. The number of hydrogen-bond donors (Lipinski definition) is 3. The van der Waals surface area contributed by atoms with Crippen molar-refractivity contribution in [3.05, 3.63) is 108 Å². The highest BCUT2D eigenvalue weighted by molar-refractivity contribution is 7.88. The van der Waals surface area contributed by atoms with Gasteiger partial charge < -0.3 is 10.4 Å². The van der Waals surface area contributed by atoms with Crippen molar-refractivity contribution in [2.45, 2.75) is 25.1 Å². The number of nitrogens with one attached hydrogen (secondary N) is 2. The zero-order valence-corrected chi connectivity index (χ0v) is 25.0. The molecule has 42 heavy (non-hydrogen) atoms. The van der Waals surface area contributed by atoms with Crippen molar-refractivity contribution in [2.75, 3.05) is 31.2 Å². The van der Waals surface area contributed by atoms with E-state index >= 15 is 0 Å². The fourth-order valence-corrected chi connectivity index (χ4v) is 6.34. The lowest BCUT2D eigenvalue weighted by atomic mass is 10.1. The van der Waals surface area contributed by atoms with Gasteiger partial charge in [-0.3, -0.25) is 0 Å². The molecule has 0 saturated carbocycles. The summed E-state index contributed by atoms with van der Waals surface area (Å²) in [6, 6.07) is 25.2. The maximum Gasteiger partial charge on any atom is 0.223 e. The third-order valence-electron chi connectivity index (χ3n) is 6.45. The Bertz CT molecular complexity index is 1670. The number of hydrogen-bond acceptors (Lipinski definition) is 8. The van der Waals surface area contributed by atoms with Crippen LogP contribution in [0.15, 0.2) is 91.1 Å². The highest BCUT2D eigenvalue weighted by Crippen LogP contribution is 2.21. The van der Waals surface area contributed by atoms with Gasteiger partial charge in [-0.2, -0.15) is 4.31 Å². The Morgan fingerprint density at radius 3 is 2.31 bits per heavy atom. The summed E-state index contributed by atoms with van der Waals surface area (Å²) in [5.41, 5.74) is 4.05. The molecule has 12 heteroatoms. The van der Waals surface area contributed by atoms with Crippen molar-refractivity contribution in [1.82, 2.24) is 19.0 Å². The summed E-state index contributed by atoms with van der Waals surface area (Å²) < 4.78 is 53.8. The normalized spacial score (nSPS) is 12.0. The Balaban J connectivity index is 1.33. The van der Waals surface area contributed by atoms with Crippen LogP contribution in [0.2, 0.25) is 0 Å². The van der Waals surface area contributed by atoms with E-state index < -0.39 is 20.0 Å². The zero-order valence-electron chi connectivity index (χ0n) is 23.3. The van der Waals surface area contributed by atoms with Crippen molar-refractivity contribution < 1.29 is 21.9 Å². The minimum Gasteiger partial charge on any atom is -0.508 e. The molecule has 0 aliphatic carbocycles. The Hall–Kier alpha value is -3.84. The third-order valence-corrected chi connectivity index (χ3v) is 9.05. The summed E-state index contributed by atoms with van der Waals surface area (Å²) in [6.45, 7) is 1.05. The Kier molecular flexibility index (Phi) is 10.6. The van der Waals surface area contributed by atoms with Crippen LogP contribution in [0.4, 0.5) is 5.95 Å². The van der Waals surface area contributed by atoms with Gasteiger partial charge >= 0.3 is 0 Å². The predicted octanol–water partition coefficient (Wildman–Crippen LogP) is 3.78. The molecule has 0 spiro atoms. The maximum absolute atomic E-state index is 12.5. The number of phenols is 1. The molecule has 0 atom stereocenters. The average molecular weight is 610 g/mol. The first-order valence-corrected chi connectivity index (χ1v) is 17.0. The molecule has 0 aliphatic rings. The summed E-state index contributed by atoms with van der Waals surface area (Å²) in [5, 5.41) is 12.6. The van der Waals surface area contributed by atoms with E-state index in [4.69, 9.17) is 0 Å². The van der Waals surface area contributed by atoms with E-state index in [1.807, 2.05) is 42.5 Å². The van der Waals surface area contributed by atoms with Crippen LogP contribution in [0.3, 0.4) is 0 Å². The van der Waals surface area contributed by atoms with Crippen LogP contribution >= 0.6 is 0 Å². The van der Waals surface area contributed by atoms with Gasteiger partial charge in [-0.05, 0) is 53.8 Å². The molecule has 222 valence electrons. The number of rotatable bonds is 15. The Labute approximate surface area is 247 Å². The molecular weight excluding hydrogens is 574 g/mol. The molecule has 3 N–H and O–H groups in total. The number of aromatic hydroxyl groups is 1. The summed E-state index contributed by atoms with van der Waals surface area (Å²) in [4.78, 5) is 8.91. The van der Waals surface area contributed by atoms with Gasteiger partial charge in [0.25, 0.3) is 0 Å². The van der Waals surface area contributed by atoms with E-state index in [2.05, 4.69) is 20.0 Å². The van der Waals surface area contributed by atoms with E-state index in [9.17, 15) is 21.9 Å². The quantitative estimate of drug-likeness (QED) is 0.173. The van der Waals surface area contributed by atoms with E-state index in [1.165, 1.54) is 4.31 Å². The van der Waals surface area contributed by atoms with Crippen LogP contribution in [0, 0.1) is 0 Å². The van der Waals surface area contributed by atoms with Crippen molar-refractivity contribution in [1.29, 1.82) is 0 Å². The second-order valence-corrected chi connectivity index (χ2v) is 13.7. The fourth-order valence-electron chi connectivity index (χ4n) is 4.31. The molecule has 0 amide bonds. The molecule has 1 heterocycles. The van der Waals surface area contributed by atoms with Crippen molar-refractivity contribution >= 4 is 26.0 Å². The number of phenolic OH excluding ortho intramolecular Hbond substituents is 1. The molecule has 4 rings (SSSR count). The summed E-state index contributed by atoms with van der Waals surface area (Å²) >= 11 is 0. The summed E-state index contributed by atoms with van der Waals surface area (Å²) in [6.07, 6.45) is 3.88. The van der Waals surface area contributed by atoms with Crippen LogP contribution < -0.4 is 10.0 Å². The van der Waals surface area contributed by atoms with Gasteiger partial charge in [0.1, 0.15) is 5.75 Å². The Morgan fingerprint density at radius 1 is 0.833 bits per heavy atom. The number of sulfonamides is 2. The lowest BCUT2D eigenvalue weighted by Gasteiger charge is -2.20. The highest BCUT2D eigenvalue weighted by Gasteiger charge is 2.18. The smallest absolute Gasteiger partial charge is 0.223 e. The topological polar surface area (TPSA) is 142 Å². The number of benzene rings is 3. The average Bonchev–Trinajstić information content (AvgIpc) is 2.96. The standard InChI is InChI=1S/C30H35N5O5S2/c1-41(37,38)35(20-6-17-33-42(39,40)23-25-7-3-2-4-8-25)22-26-9-5-10-27(21-26)29-16-19-32-30(34-29)31-18-15-24-11-13-28(36)14-12-24/h2-5,7-14,16,19,21,33,36H,6,15,17-18,20,22-23H2,1H3,(H,31,32,34). The molecule has 10 nitrogen and oxygen atoms in total. The van der Waals surface area contributed by atoms with Crippen LogP contribution in [0.25, 0.3) is 11.3 Å². The maximum atomic E-state index is 12.5. The zero-order chi connectivity index (χ0) is 30.0. The summed E-state index contributed by atoms with van der Waals surface area (Å²) in [7, 11) is -7.07. The first-order chi connectivity index (χ1) is 20.1. The van der Waals surface area contributed by atoms with Crippen molar-refractivity contribution in [2.24, 2.45) is 0 Å². The van der Waals surface area contributed by atoms with Crippen molar-refractivity contribution in [3.8, 4) is 17.0 Å². The van der Waals surface area contributed by atoms with Crippen LogP contribution in [0.5, 0.6) is 5.75 Å². The van der Waals surface area contributed by atoms with Gasteiger partial charge in [0.15, 0.2) is 0 Å². The number of aromatic nitrogens is 2. The lowest BCUT2D eigenvalue weighted by molar-refractivity contribution is 0.403. The molecule has 1 aromatic heterocycles. The second-order valence-electron chi connectivity index (χ2n) is 9.90. The molecule has 0 saturated heterocycles. The first kappa shape index (κ1) is 31.1. The van der Waals surface area contributed by atoms with Crippen LogP contribution in [-0.2, 0) is 38.8 Å². The van der Waals surface area contributed by atoms with E-state index in [0.29, 0.717) is 30.2 Å². The molecule has 3 aromatic carbocycles. The second kappa shape index (κ2) is 14.4. The lowest BCUT2D eigenvalue weighted by Crippen LogP contribution is -2.33. The molecule has 0 bridgehead atoms. The molecular formula is C30H35N5O5S2. The minimum atomic E-state index is -3.54. The molecule has 4 aromatic rings. The van der Waals surface area contributed by atoms with E-state index in [0.717, 1.165) is 29.4 Å². The van der Waals surface area contributed by atoms with Gasteiger partial charge in [-0.15, -0.1) is 0 Å². The SMILES string of the molecule is CS(=O)(=O)N(CCCNS(=O)(=O)Cc1ccccc1)Cc1cccc(-c2ccnc(NCCc3ccc(O)cc3)n2)c1. The minimum absolute atomic E-state index is 0.130. The number of nitrogens with zero attached hydrogens (tertiary/aromatic N) is 3. The van der Waals surface area contributed by atoms with Crippen LogP contribution in [0.1, 0.15) is 23.1 Å². The summed E-state index contributed by atoms with van der Waals surface area (Å²) in [5.74, 6) is 0.575. The monoisotopic (exact) mass is 609 g/mol. The van der Waals surface area contributed by atoms with Gasteiger partial charge in [0.2, 0.25) is 26.0 Å². The van der Waals surface area contributed by atoms with Gasteiger partial charge in [0, 0.05) is 37.9 Å². The molecule has 0 aliphatic heterocycles. The van der Waals surface area contributed by atoms with Gasteiger partial charge in [0.05, 0.1) is 17.7 Å². The highest BCUT2D eigenvalue weighted by atomic mass is 32.2. The van der Waals surface area contributed by atoms with Crippen LogP contribution in [-0.4, -0.2) is 62.1 Å². The first-order valence-electron chi connectivity index (χ1n) is 13.5. The fraction of sp³-hybridized carbons (Fsp3) is 0.267. The number of anilines is 1. The molecule has 0 radical (unpaired) electrons.